The number of rotatable bonds is 4. The normalized spacial score (nSPS) is 14.8. The van der Waals surface area contributed by atoms with Crippen LogP contribution in [0.15, 0.2) is 24.4 Å². The summed E-state index contributed by atoms with van der Waals surface area (Å²) in [5.41, 5.74) is 2.03. The number of morpholine rings is 1. The summed E-state index contributed by atoms with van der Waals surface area (Å²) in [4.78, 5) is 13.4. The van der Waals surface area contributed by atoms with Gasteiger partial charge in [0.05, 0.1) is 37.5 Å². The Morgan fingerprint density at radius 2 is 2.26 bits per heavy atom. The number of halogens is 1. The van der Waals surface area contributed by atoms with Crippen LogP contribution in [0.5, 0.6) is 0 Å². The highest BCUT2D eigenvalue weighted by Gasteiger charge is 2.19. The van der Waals surface area contributed by atoms with Crippen LogP contribution in [0.4, 0.5) is 0 Å². The first kappa shape index (κ1) is 15.5. The van der Waals surface area contributed by atoms with Gasteiger partial charge in [-0.15, -0.1) is 5.10 Å². The van der Waals surface area contributed by atoms with Crippen LogP contribution < -0.4 is 0 Å². The standard InChI is InChI=1S/C15H14ClN5O2/c16-13-2-1-11(12(5-13)6-17)7-21-9-14(18-19-21)8-20-3-4-23-10-15(20)22/h1-2,5,9H,3-4,7-8,10H2. The Morgan fingerprint density at radius 3 is 3.04 bits per heavy atom. The van der Waals surface area contributed by atoms with Crippen LogP contribution in [0.3, 0.4) is 0 Å². The number of hydrogen-bond donors (Lipinski definition) is 0. The minimum absolute atomic E-state index is 0.0460. The van der Waals surface area contributed by atoms with E-state index in [9.17, 15) is 4.79 Å². The highest BCUT2D eigenvalue weighted by Crippen LogP contribution is 2.16. The average Bonchev–Trinajstić information content (AvgIpc) is 2.98. The molecule has 3 rings (SSSR count). The molecule has 0 atom stereocenters. The fourth-order valence-electron chi connectivity index (χ4n) is 2.37. The Labute approximate surface area is 138 Å². The van der Waals surface area contributed by atoms with Crippen LogP contribution in [0.25, 0.3) is 0 Å². The number of nitrogens with zero attached hydrogens (tertiary/aromatic N) is 5. The number of carbonyl (C=O) groups excluding carboxylic acids is 1. The molecule has 1 amide bonds. The predicted molar refractivity (Wildman–Crippen MR) is 81.5 cm³/mol. The molecule has 1 aromatic carbocycles. The van der Waals surface area contributed by atoms with Crippen LogP contribution >= 0.6 is 11.6 Å². The molecule has 0 bridgehead atoms. The van der Waals surface area contributed by atoms with E-state index >= 15 is 0 Å². The van der Waals surface area contributed by atoms with Gasteiger partial charge in [0.2, 0.25) is 5.91 Å². The van der Waals surface area contributed by atoms with Gasteiger partial charge in [0.15, 0.2) is 0 Å². The predicted octanol–water partition coefficient (Wildman–Crippen LogP) is 1.21. The zero-order chi connectivity index (χ0) is 16.2. The highest BCUT2D eigenvalue weighted by molar-refractivity contribution is 6.30. The first-order valence-corrected chi connectivity index (χ1v) is 7.46. The highest BCUT2D eigenvalue weighted by atomic mass is 35.5. The van der Waals surface area contributed by atoms with Gasteiger partial charge in [-0.1, -0.05) is 22.9 Å². The molecule has 8 heteroatoms. The van der Waals surface area contributed by atoms with E-state index < -0.39 is 0 Å². The van der Waals surface area contributed by atoms with Crippen LogP contribution in [-0.4, -0.2) is 45.6 Å². The third-order valence-corrected chi connectivity index (χ3v) is 3.78. The number of nitriles is 1. The topological polar surface area (TPSA) is 84.0 Å². The van der Waals surface area contributed by atoms with Crippen molar-refractivity contribution in [2.75, 3.05) is 19.8 Å². The van der Waals surface area contributed by atoms with E-state index in [1.807, 2.05) is 0 Å². The summed E-state index contributed by atoms with van der Waals surface area (Å²) in [6.07, 6.45) is 1.78. The number of aromatic nitrogens is 3. The summed E-state index contributed by atoms with van der Waals surface area (Å²) in [7, 11) is 0. The third kappa shape index (κ3) is 3.67. The molecule has 1 aliphatic rings. The maximum Gasteiger partial charge on any atom is 0.249 e. The minimum Gasteiger partial charge on any atom is -0.370 e. The second-order valence-corrected chi connectivity index (χ2v) is 5.63. The van der Waals surface area contributed by atoms with Crippen LogP contribution in [-0.2, 0) is 22.6 Å². The molecule has 2 heterocycles. The number of hydrogen-bond acceptors (Lipinski definition) is 5. The van der Waals surface area contributed by atoms with Gasteiger partial charge in [-0.25, -0.2) is 4.68 Å². The molecule has 118 valence electrons. The van der Waals surface area contributed by atoms with Crippen molar-refractivity contribution < 1.29 is 9.53 Å². The number of amides is 1. The molecule has 0 saturated carbocycles. The van der Waals surface area contributed by atoms with E-state index in [-0.39, 0.29) is 12.5 Å². The first-order chi connectivity index (χ1) is 11.2. The van der Waals surface area contributed by atoms with Crippen LogP contribution in [0.1, 0.15) is 16.8 Å². The fourth-order valence-corrected chi connectivity index (χ4v) is 2.54. The van der Waals surface area contributed by atoms with E-state index in [1.165, 1.54) is 0 Å². The Hall–Kier alpha value is -2.43. The number of ether oxygens (including phenoxy) is 1. The molecule has 1 saturated heterocycles. The summed E-state index contributed by atoms with van der Waals surface area (Å²) in [6.45, 7) is 2.04. The van der Waals surface area contributed by atoms with Gasteiger partial charge in [-0.2, -0.15) is 5.26 Å². The molecular formula is C15H14ClN5O2. The van der Waals surface area contributed by atoms with Crippen molar-refractivity contribution in [1.82, 2.24) is 19.9 Å². The van der Waals surface area contributed by atoms with E-state index in [2.05, 4.69) is 16.4 Å². The number of carbonyl (C=O) groups is 1. The van der Waals surface area contributed by atoms with Crippen molar-refractivity contribution in [3.8, 4) is 6.07 Å². The molecule has 1 fully saturated rings. The smallest absolute Gasteiger partial charge is 0.249 e. The molecule has 23 heavy (non-hydrogen) atoms. The first-order valence-electron chi connectivity index (χ1n) is 7.09. The van der Waals surface area contributed by atoms with Crippen LogP contribution in [0, 0.1) is 11.3 Å². The second kappa shape index (κ2) is 6.77. The van der Waals surface area contributed by atoms with E-state index in [1.54, 1.807) is 34.0 Å². The van der Waals surface area contributed by atoms with Gasteiger partial charge in [0.1, 0.15) is 12.3 Å². The lowest BCUT2D eigenvalue weighted by molar-refractivity contribution is -0.143. The van der Waals surface area contributed by atoms with Crippen molar-refractivity contribution in [2.24, 2.45) is 0 Å². The lowest BCUT2D eigenvalue weighted by Gasteiger charge is -2.25. The average molecular weight is 332 g/mol. The summed E-state index contributed by atoms with van der Waals surface area (Å²) in [5.74, 6) is -0.0460. The van der Waals surface area contributed by atoms with E-state index in [0.29, 0.717) is 42.5 Å². The SMILES string of the molecule is N#Cc1cc(Cl)ccc1Cn1cc(CN2CCOCC2=O)nn1. The molecule has 0 spiro atoms. The molecule has 1 aromatic heterocycles. The quantitative estimate of drug-likeness (QED) is 0.840. The Morgan fingerprint density at radius 1 is 1.39 bits per heavy atom. The number of benzene rings is 1. The molecule has 0 N–H and O–H groups in total. The minimum atomic E-state index is -0.0460. The molecule has 0 aliphatic carbocycles. The van der Waals surface area contributed by atoms with E-state index in [0.717, 1.165) is 5.56 Å². The lowest BCUT2D eigenvalue weighted by atomic mass is 10.1. The molecule has 2 aromatic rings. The van der Waals surface area contributed by atoms with Crippen molar-refractivity contribution in [1.29, 1.82) is 5.26 Å². The summed E-state index contributed by atoms with van der Waals surface area (Å²) in [6, 6.07) is 7.29. The fraction of sp³-hybridized carbons (Fsp3) is 0.333. The second-order valence-electron chi connectivity index (χ2n) is 5.19. The Bertz CT molecular complexity index is 767. The van der Waals surface area contributed by atoms with Crippen LogP contribution in [0.2, 0.25) is 5.02 Å². The summed E-state index contributed by atoms with van der Waals surface area (Å²) >= 11 is 5.89. The molecule has 7 nitrogen and oxygen atoms in total. The van der Waals surface area contributed by atoms with Gasteiger partial charge in [-0.05, 0) is 17.7 Å². The van der Waals surface area contributed by atoms with Crippen molar-refractivity contribution in [2.45, 2.75) is 13.1 Å². The van der Waals surface area contributed by atoms with E-state index in [4.69, 9.17) is 21.6 Å². The summed E-state index contributed by atoms with van der Waals surface area (Å²) in [5, 5.41) is 17.8. The maximum absolute atomic E-state index is 11.7. The van der Waals surface area contributed by atoms with Gasteiger partial charge >= 0.3 is 0 Å². The molecule has 1 aliphatic heterocycles. The van der Waals surface area contributed by atoms with Gasteiger partial charge in [0.25, 0.3) is 0 Å². The maximum atomic E-state index is 11.7. The Kier molecular flexibility index (Phi) is 4.55. The monoisotopic (exact) mass is 331 g/mol. The van der Waals surface area contributed by atoms with Gasteiger partial charge < -0.3 is 9.64 Å². The third-order valence-electron chi connectivity index (χ3n) is 3.55. The lowest BCUT2D eigenvalue weighted by Crippen LogP contribution is -2.41. The molecular weight excluding hydrogens is 318 g/mol. The molecule has 0 unspecified atom stereocenters. The van der Waals surface area contributed by atoms with Gasteiger partial charge in [0, 0.05) is 11.6 Å². The summed E-state index contributed by atoms with van der Waals surface area (Å²) < 4.78 is 6.74. The van der Waals surface area contributed by atoms with Crippen molar-refractivity contribution >= 4 is 17.5 Å². The van der Waals surface area contributed by atoms with Gasteiger partial charge in [-0.3, -0.25) is 4.79 Å². The zero-order valence-electron chi connectivity index (χ0n) is 12.3. The zero-order valence-corrected chi connectivity index (χ0v) is 13.0. The van der Waals surface area contributed by atoms with Crippen molar-refractivity contribution in [3.63, 3.8) is 0 Å². The largest absolute Gasteiger partial charge is 0.370 e. The Balaban J connectivity index is 1.70. The van der Waals surface area contributed by atoms with Crippen molar-refractivity contribution in [3.05, 3.63) is 46.2 Å². The molecule has 0 radical (unpaired) electrons.